The van der Waals surface area contributed by atoms with Gasteiger partial charge in [-0.2, -0.15) is 13.2 Å². The van der Waals surface area contributed by atoms with E-state index in [4.69, 9.17) is 9.73 Å². The Bertz CT molecular complexity index is 662. The van der Waals surface area contributed by atoms with Crippen LogP contribution >= 0.6 is 35.3 Å². The number of halogens is 4. The Morgan fingerprint density at radius 1 is 1.16 bits per heavy atom. The number of ether oxygens (including phenoxy) is 1. The van der Waals surface area contributed by atoms with Gasteiger partial charge >= 0.3 is 6.18 Å². The van der Waals surface area contributed by atoms with Crippen LogP contribution in [0.2, 0.25) is 0 Å². The number of guanidine groups is 1. The van der Waals surface area contributed by atoms with Gasteiger partial charge in [0.05, 0.1) is 25.8 Å². The Hall–Kier alpha value is -0.630. The topological polar surface area (TPSA) is 43.3 Å². The third-order valence-electron chi connectivity index (χ3n) is 5.74. The molecule has 2 fully saturated rings. The number of hydrogen-bond acceptors (Lipinski definition) is 5. The molecule has 1 N–H and O–H groups in total. The van der Waals surface area contributed by atoms with Gasteiger partial charge in [-0.1, -0.05) is 6.07 Å². The maximum absolute atomic E-state index is 13.0. The largest absolute Gasteiger partial charge is 0.403 e. The summed E-state index contributed by atoms with van der Waals surface area (Å²) in [4.78, 5) is 12.2. The zero-order valence-corrected chi connectivity index (χ0v) is 21.3. The van der Waals surface area contributed by atoms with Crippen molar-refractivity contribution in [1.82, 2.24) is 20.0 Å². The molecule has 2 aliphatic heterocycles. The maximum Gasteiger partial charge on any atom is 0.403 e. The highest BCUT2D eigenvalue weighted by molar-refractivity contribution is 14.0. The van der Waals surface area contributed by atoms with Crippen LogP contribution in [-0.2, 0) is 4.74 Å². The lowest BCUT2D eigenvalue weighted by atomic mass is 10.2. The Morgan fingerprint density at radius 3 is 2.39 bits per heavy atom. The molecular weight excluding hydrogens is 542 g/mol. The average Bonchev–Trinajstić information content (AvgIpc) is 3.27. The molecule has 0 amide bonds. The van der Waals surface area contributed by atoms with Crippen LogP contribution in [-0.4, -0.2) is 98.4 Å². The lowest BCUT2D eigenvalue weighted by Crippen LogP contribution is -2.56. The van der Waals surface area contributed by atoms with Crippen LogP contribution < -0.4 is 5.32 Å². The van der Waals surface area contributed by atoms with Crippen molar-refractivity contribution in [3.05, 3.63) is 22.4 Å². The van der Waals surface area contributed by atoms with Gasteiger partial charge in [0.2, 0.25) is 0 Å². The fourth-order valence-corrected chi connectivity index (χ4v) is 4.73. The van der Waals surface area contributed by atoms with Gasteiger partial charge in [0.1, 0.15) is 6.04 Å². The maximum atomic E-state index is 13.0. The third-order valence-corrected chi connectivity index (χ3v) is 6.72. The second kappa shape index (κ2) is 12.6. The second-order valence-electron chi connectivity index (χ2n) is 7.61. The highest BCUT2D eigenvalue weighted by Gasteiger charge is 2.41. The molecule has 31 heavy (non-hydrogen) atoms. The predicted molar refractivity (Wildman–Crippen MR) is 130 cm³/mol. The number of nitrogens with zero attached hydrogens (tertiary/aromatic N) is 4. The Morgan fingerprint density at radius 2 is 1.84 bits per heavy atom. The van der Waals surface area contributed by atoms with E-state index in [-0.39, 0.29) is 30.0 Å². The first kappa shape index (κ1) is 26.6. The van der Waals surface area contributed by atoms with E-state index in [9.17, 15) is 13.2 Å². The average molecular weight is 575 g/mol. The minimum absolute atomic E-state index is 0. The van der Waals surface area contributed by atoms with Crippen LogP contribution in [0.25, 0.3) is 0 Å². The Kier molecular flexibility index (Phi) is 10.8. The van der Waals surface area contributed by atoms with E-state index < -0.39 is 12.2 Å². The van der Waals surface area contributed by atoms with Gasteiger partial charge in [0.15, 0.2) is 5.96 Å². The lowest BCUT2D eigenvalue weighted by Gasteiger charge is -2.40. The standard InChI is InChI=1S/C20H32F3N5OS.HI/c1-3-24-19(28-8-6-26(7-9-28)16(2)20(21,22)23)25-15-17(18-5-4-14-30-18)27-10-12-29-13-11-27;/h4-5,14,16-17H,3,6-13,15H2,1-2H3,(H,24,25);1H. The molecule has 0 bridgehead atoms. The number of morpholine rings is 1. The highest BCUT2D eigenvalue weighted by Crippen LogP contribution is 2.27. The summed E-state index contributed by atoms with van der Waals surface area (Å²) in [5.74, 6) is 0.784. The fraction of sp³-hybridized carbons (Fsp3) is 0.750. The minimum Gasteiger partial charge on any atom is -0.379 e. The number of piperazine rings is 1. The van der Waals surface area contributed by atoms with E-state index in [0.29, 0.717) is 32.7 Å². The number of thiophene rings is 1. The van der Waals surface area contributed by atoms with Crippen molar-refractivity contribution in [2.24, 2.45) is 4.99 Å². The van der Waals surface area contributed by atoms with Crippen LogP contribution in [0.3, 0.4) is 0 Å². The van der Waals surface area contributed by atoms with E-state index in [1.54, 1.807) is 11.3 Å². The molecule has 1 aromatic heterocycles. The van der Waals surface area contributed by atoms with Crippen molar-refractivity contribution in [1.29, 1.82) is 0 Å². The lowest BCUT2D eigenvalue weighted by molar-refractivity contribution is -0.181. The van der Waals surface area contributed by atoms with Gasteiger partial charge < -0.3 is 15.0 Å². The first-order valence-corrected chi connectivity index (χ1v) is 11.5. The predicted octanol–water partition coefficient (Wildman–Crippen LogP) is 3.27. The zero-order chi connectivity index (χ0) is 21.6. The van der Waals surface area contributed by atoms with Crippen LogP contribution in [0.4, 0.5) is 13.2 Å². The number of hydrogen-bond donors (Lipinski definition) is 1. The number of nitrogens with one attached hydrogen (secondary N) is 1. The third kappa shape index (κ3) is 7.44. The summed E-state index contributed by atoms with van der Waals surface area (Å²) in [6.07, 6.45) is -4.19. The van der Waals surface area contributed by atoms with Crippen molar-refractivity contribution >= 4 is 41.3 Å². The molecule has 178 valence electrons. The fourth-order valence-electron chi connectivity index (χ4n) is 3.88. The molecule has 2 atom stereocenters. The summed E-state index contributed by atoms with van der Waals surface area (Å²) in [6.45, 7) is 9.62. The van der Waals surface area contributed by atoms with E-state index in [1.807, 2.05) is 6.92 Å². The monoisotopic (exact) mass is 575 g/mol. The van der Waals surface area contributed by atoms with Gasteiger partial charge in [0.25, 0.3) is 0 Å². The summed E-state index contributed by atoms with van der Waals surface area (Å²) >= 11 is 1.73. The SMILES string of the molecule is CCNC(=NCC(c1cccs1)N1CCOCC1)N1CCN(C(C)C(F)(F)F)CC1.I. The molecule has 1 aromatic rings. The van der Waals surface area contributed by atoms with Gasteiger partial charge in [0, 0.05) is 50.7 Å². The van der Waals surface area contributed by atoms with Crippen molar-refractivity contribution in [3.63, 3.8) is 0 Å². The summed E-state index contributed by atoms with van der Waals surface area (Å²) in [6, 6.07) is 2.98. The van der Waals surface area contributed by atoms with Gasteiger partial charge in [-0.3, -0.25) is 14.8 Å². The molecule has 3 heterocycles. The highest BCUT2D eigenvalue weighted by atomic mass is 127. The Balaban J connectivity index is 0.00000341. The van der Waals surface area contributed by atoms with Crippen molar-refractivity contribution in [3.8, 4) is 0 Å². The van der Waals surface area contributed by atoms with Crippen molar-refractivity contribution in [2.45, 2.75) is 32.1 Å². The smallest absolute Gasteiger partial charge is 0.379 e. The summed E-state index contributed by atoms with van der Waals surface area (Å²) in [5.41, 5.74) is 0. The van der Waals surface area contributed by atoms with Crippen LogP contribution in [0, 0.1) is 0 Å². The Labute approximate surface area is 203 Å². The van der Waals surface area contributed by atoms with Crippen molar-refractivity contribution < 1.29 is 17.9 Å². The molecule has 0 aliphatic carbocycles. The van der Waals surface area contributed by atoms with Crippen LogP contribution in [0.1, 0.15) is 24.8 Å². The molecule has 0 saturated carbocycles. The van der Waals surface area contributed by atoms with Gasteiger partial charge in [-0.25, -0.2) is 0 Å². The van der Waals surface area contributed by atoms with E-state index in [1.165, 1.54) is 16.7 Å². The van der Waals surface area contributed by atoms with E-state index >= 15 is 0 Å². The summed E-state index contributed by atoms with van der Waals surface area (Å²) in [5, 5.41) is 5.41. The minimum atomic E-state index is -4.19. The normalized spacial score (nSPS) is 21.5. The quantitative estimate of drug-likeness (QED) is 0.321. The molecule has 11 heteroatoms. The second-order valence-corrected chi connectivity index (χ2v) is 8.59. The molecule has 0 aromatic carbocycles. The van der Waals surface area contributed by atoms with Crippen molar-refractivity contribution in [2.75, 3.05) is 65.6 Å². The molecular formula is C20H33F3IN5OS. The first-order chi connectivity index (χ1) is 14.4. The zero-order valence-electron chi connectivity index (χ0n) is 18.1. The molecule has 6 nitrogen and oxygen atoms in total. The molecule has 2 saturated heterocycles. The molecule has 0 spiro atoms. The van der Waals surface area contributed by atoms with E-state index in [2.05, 4.69) is 32.6 Å². The molecule has 3 rings (SSSR count). The van der Waals surface area contributed by atoms with Gasteiger partial charge in [-0.05, 0) is 25.3 Å². The van der Waals surface area contributed by atoms with E-state index in [0.717, 1.165) is 38.8 Å². The molecule has 2 unspecified atom stereocenters. The van der Waals surface area contributed by atoms with Crippen LogP contribution in [0.15, 0.2) is 22.5 Å². The summed E-state index contributed by atoms with van der Waals surface area (Å²) in [7, 11) is 0. The van der Waals surface area contributed by atoms with Gasteiger partial charge in [-0.15, -0.1) is 35.3 Å². The van der Waals surface area contributed by atoms with Crippen LogP contribution in [0.5, 0.6) is 0 Å². The number of aliphatic imine (C=N–C) groups is 1. The first-order valence-electron chi connectivity index (χ1n) is 10.6. The number of rotatable bonds is 6. The summed E-state index contributed by atoms with van der Waals surface area (Å²) < 4.78 is 44.6. The molecule has 2 aliphatic rings. The number of alkyl halides is 3. The molecule has 0 radical (unpaired) electrons.